The molecule has 0 unspecified atom stereocenters. The number of hydrogen-bond acceptors (Lipinski definition) is 4. The molecule has 0 aromatic rings. The molecule has 4 N–H and O–H groups in total. The summed E-state index contributed by atoms with van der Waals surface area (Å²) < 4.78 is 11.6. The van der Waals surface area contributed by atoms with Crippen molar-refractivity contribution in [3.05, 3.63) is 0 Å². The van der Waals surface area contributed by atoms with E-state index in [2.05, 4.69) is 4.99 Å². The highest BCUT2D eigenvalue weighted by Crippen LogP contribution is 2.47. The molecule has 1 rings (SSSR count). The van der Waals surface area contributed by atoms with Gasteiger partial charge in [0, 0.05) is 5.75 Å². The van der Waals surface area contributed by atoms with Gasteiger partial charge in [0.05, 0.1) is 6.54 Å². The van der Waals surface area contributed by atoms with Gasteiger partial charge in [0.1, 0.15) is 4.38 Å². The molecule has 0 aliphatic carbocycles. The second kappa shape index (κ2) is 3.28. The first-order valence-electron chi connectivity index (χ1n) is 2.62. The summed E-state index contributed by atoms with van der Waals surface area (Å²) in [7, 11) is 0. The van der Waals surface area contributed by atoms with Crippen molar-refractivity contribution in [1.29, 1.82) is 0 Å². The lowest BCUT2D eigenvalue weighted by atomic mass is 10.8. The second-order valence-corrected chi connectivity index (χ2v) is 7.19. The first kappa shape index (κ1) is 8.62. The summed E-state index contributed by atoms with van der Waals surface area (Å²) in [6, 6.07) is 0. The van der Waals surface area contributed by atoms with E-state index in [0.29, 0.717) is 0 Å². The molecule has 0 aromatic carbocycles. The summed E-state index contributed by atoms with van der Waals surface area (Å²) in [6.45, 7) is -2.17. The summed E-state index contributed by atoms with van der Waals surface area (Å²) in [5.41, 5.74) is 10.2. The van der Waals surface area contributed by atoms with Gasteiger partial charge in [-0.15, -0.1) is 0 Å². The highest BCUT2D eigenvalue weighted by Gasteiger charge is 2.17. The van der Waals surface area contributed by atoms with Crippen LogP contribution in [0.4, 0.5) is 0 Å². The summed E-state index contributed by atoms with van der Waals surface area (Å²) in [5.74, 6) is 0.947. The molecule has 7 heteroatoms. The van der Waals surface area contributed by atoms with Crippen molar-refractivity contribution in [1.82, 2.24) is 0 Å². The maximum Gasteiger partial charge on any atom is 0.267 e. The summed E-state index contributed by atoms with van der Waals surface area (Å²) in [5, 5.41) is 0. The third-order valence-electron chi connectivity index (χ3n) is 0.778. The molecule has 0 radical (unpaired) electrons. The van der Waals surface area contributed by atoms with Crippen LogP contribution in [0.15, 0.2) is 4.99 Å². The number of aliphatic imine (C=N–C) groups is 1. The van der Waals surface area contributed by atoms with Gasteiger partial charge >= 0.3 is 0 Å². The predicted octanol–water partition coefficient (Wildman–Crippen LogP) is 0.848. The molecule has 0 saturated carbocycles. The molecule has 0 aromatic heterocycles. The van der Waals surface area contributed by atoms with E-state index in [0.717, 1.165) is 28.1 Å². The van der Waals surface area contributed by atoms with Crippen molar-refractivity contribution in [2.75, 3.05) is 12.3 Å². The van der Waals surface area contributed by atoms with E-state index < -0.39 is 6.65 Å². The minimum atomic E-state index is -2.95. The van der Waals surface area contributed by atoms with Crippen molar-refractivity contribution in [2.24, 2.45) is 16.0 Å². The topological polar surface area (TPSA) is 81.5 Å². The SMILES string of the molecule is NP(N)(=O)SC1=NCCS1. The maximum absolute atomic E-state index is 10.8. The Hall–Kier alpha value is 0.520. The van der Waals surface area contributed by atoms with Crippen LogP contribution in [0.5, 0.6) is 0 Å². The highest BCUT2D eigenvalue weighted by molar-refractivity contribution is 8.70. The monoisotopic (exact) mass is 197 g/mol. The number of hydrogen-bond donors (Lipinski definition) is 2. The first-order valence-corrected chi connectivity index (χ1v) is 6.87. The van der Waals surface area contributed by atoms with Crippen LogP contribution in [0, 0.1) is 0 Å². The molecule has 0 fully saturated rings. The number of rotatable bonds is 1. The Morgan fingerprint density at radius 1 is 1.70 bits per heavy atom. The lowest BCUT2D eigenvalue weighted by molar-refractivity contribution is 0.587. The fourth-order valence-electron chi connectivity index (χ4n) is 0.493. The van der Waals surface area contributed by atoms with Crippen LogP contribution in [0.3, 0.4) is 0 Å². The van der Waals surface area contributed by atoms with Crippen molar-refractivity contribution in [2.45, 2.75) is 0 Å². The van der Waals surface area contributed by atoms with Crippen LogP contribution in [-0.2, 0) is 4.57 Å². The van der Waals surface area contributed by atoms with Gasteiger partial charge in [-0.3, -0.25) is 20.6 Å². The van der Waals surface area contributed by atoms with Gasteiger partial charge in [-0.2, -0.15) is 0 Å². The van der Waals surface area contributed by atoms with Crippen molar-refractivity contribution in [3.8, 4) is 0 Å². The zero-order chi connectivity index (χ0) is 7.61. The van der Waals surface area contributed by atoms with E-state index in [9.17, 15) is 4.57 Å². The minimum Gasteiger partial charge on any atom is -0.277 e. The molecule has 0 bridgehead atoms. The lowest BCUT2D eigenvalue weighted by Gasteiger charge is -2.02. The van der Waals surface area contributed by atoms with E-state index in [-0.39, 0.29) is 0 Å². The molecule has 0 atom stereocenters. The van der Waals surface area contributed by atoms with Gasteiger partial charge in [-0.25, -0.2) is 0 Å². The van der Waals surface area contributed by atoms with Crippen LogP contribution >= 0.6 is 29.8 Å². The molecular weight excluding hydrogens is 189 g/mol. The van der Waals surface area contributed by atoms with Crippen molar-refractivity contribution < 1.29 is 4.57 Å². The van der Waals surface area contributed by atoms with Crippen LogP contribution in [0.2, 0.25) is 0 Å². The number of nitrogens with two attached hydrogens (primary N) is 2. The number of thioether (sulfide) groups is 1. The van der Waals surface area contributed by atoms with E-state index in [1.807, 2.05) is 0 Å². The largest absolute Gasteiger partial charge is 0.277 e. The quantitative estimate of drug-likeness (QED) is 0.609. The molecular formula is C3H8N3OPS2. The Bertz CT molecular complexity index is 200. The average Bonchev–Trinajstić information content (AvgIpc) is 2.12. The van der Waals surface area contributed by atoms with E-state index in [1.54, 1.807) is 11.8 Å². The van der Waals surface area contributed by atoms with Crippen LogP contribution in [-0.4, -0.2) is 16.7 Å². The molecule has 0 saturated heterocycles. The van der Waals surface area contributed by atoms with Crippen molar-refractivity contribution >= 4 is 34.2 Å². The molecule has 1 heterocycles. The molecule has 1 aliphatic heterocycles. The van der Waals surface area contributed by atoms with Gasteiger partial charge in [0.2, 0.25) is 0 Å². The maximum atomic E-state index is 10.8. The third kappa shape index (κ3) is 3.07. The molecule has 58 valence electrons. The average molecular weight is 197 g/mol. The van der Waals surface area contributed by atoms with Gasteiger partial charge in [-0.05, 0) is 11.4 Å². The van der Waals surface area contributed by atoms with Gasteiger partial charge in [0.15, 0.2) is 0 Å². The van der Waals surface area contributed by atoms with E-state index in [1.165, 1.54) is 0 Å². The van der Waals surface area contributed by atoms with Crippen LogP contribution in [0.25, 0.3) is 0 Å². The standard InChI is InChI=1S/C3H8N3OPS2/c4-8(5,7)10-3-6-1-2-9-3/h1-2H2,(H4,4,5,7). The normalized spacial score (nSPS) is 19.2. The Labute approximate surface area is 67.4 Å². The Morgan fingerprint density at radius 2 is 2.40 bits per heavy atom. The predicted molar refractivity (Wildman–Crippen MR) is 48.3 cm³/mol. The Morgan fingerprint density at radius 3 is 2.80 bits per heavy atom. The zero-order valence-electron chi connectivity index (χ0n) is 5.19. The summed E-state index contributed by atoms with van der Waals surface area (Å²) in [6.07, 6.45) is 0. The smallest absolute Gasteiger partial charge is 0.267 e. The van der Waals surface area contributed by atoms with Gasteiger partial charge in [-0.1, -0.05) is 11.8 Å². The Balaban J connectivity index is 2.46. The number of nitrogens with zero attached hydrogens (tertiary/aromatic N) is 1. The summed E-state index contributed by atoms with van der Waals surface area (Å²) in [4.78, 5) is 4.03. The first-order chi connectivity index (χ1) is 4.58. The zero-order valence-corrected chi connectivity index (χ0v) is 7.72. The summed E-state index contributed by atoms with van der Waals surface area (Å²) >= 11 is 2.54. The van der Waals surface area contributed by atoms with Crippen LogP contribution < -0.4 is 11.0 Å². The third-order valence-corrected chi connectivity index (χ3v) is 4.46. The molecule has 0 spiro atoms. The fraction of sp³-hybridized carbons (Fsp3) is 0.667. The fourth-order valence-corrected chi connectivity index (χ4v) is 4.31. The van der Waals surface area contributed by atoms with Crippen molar-refractivity contribution in [3.63, 3.8) is 0 Å². The molecule has 10 heavy (non-hydrogen) atoms. The molecule has 1 aliphatic rings. The van der Waals surface area contributed by atoms with Crippen LogP contribution in [0.1, 0.15) is 0 Å². The lowest BCUT2D eigenvalue weighted by Crippen LogP contribution is -2.01. The van der Waals surface area contributed by atoms with E-state index >= 15 is 0 Å². The highest BCUT2D eigenvalue weighted by atomic mass is 32.7. The second-order valence-electron chi connectivity index (χ2n) is 1.73. The van der Waals surface area contributed by atoms with Gasteiger partial charge in [0.25, 0.3) is 6.65 Å². The minimum absolute atomic E-state index is 0.758. The molecule has 4 nitrogen and oxygen atoms in total. The molecule has 0 amide bonds. The van der Waals surface area contributed by atoms with Gasteiger partial charge < -0.3 is 0 Å². The van der Waals surface area contributed by atoms with E-state index in [4.69, 9.17) is 11.0 Å². The Kier molecular flexibility index (Phi) is 2.82.